The third-order valence-corrected chi connectivity index (χ3v) is 3.60. The van der Waals surface area contributed by atoms with E-state index in [2.05, 4.69) is 0 Å². The van der Waals surface area contributed by atoms with Crippen LogP contribution in [0.1, 0.15) is 12.0 Å². The highest BCUT2D eigenvalue weighted by molar-refractivity contribution is 7.98. The molecule has 3 nitrogen and oxygen atoms in total. The number of hydrogen-bond acceptors (Lipinski definition) is 4. The summed E-state index contributed by atoms with van der Waals surface area (Å²) < 4.78 is 10.5. The van der Waals surface area contributed by atoms with E-state index in [0.29, 0.717) is 10.8 Å². The quantitative estimate of drug-likeness (QED) is 0.827. The molecule has 0 aromatic heterocycles. The van der Waals surface area contributed by atoms with Crippen LogP contribution in [0.4, 0.5) is 0 Å². The molecule has 0 saturated carbocycles. The second kappa shape index (κ2) is 5.66. The maximum atomic E-state index is 8.66. The Labute approximate surface area is 104 Å². The minimum Gasteiger partial charge on any atom is -0.454 e. The fourth-order valence-electron chi connectivity index (χ4n) is 1.46. The van der Waals surface area contributed by atoms with E-state index in [4.69, 9.17) is 26.2 Å². The lowest BCUT2D eigenvalue weighted by atomic mass is 10.2. The van der Waals surface area contributed by atoms with Crippen LogP contribution < -0.4 is 9.47 Å². The zero-order chi connectivity index (χ0) is 11.4. The predicted molar refractivity (Wildman–Crippen MR) is 65.4 cm³/mol. The van der Waals surface area contributed by atoms with E-state index in [1.54, 1.807) is 11.8 Å². The first-order valence-electron chi connectivity index (χ1n) is 5.08. The van der Waals surface area contributed by atoms with E-state index in [-0.39, 0.29) is 13.4 Å². The molecule has 1 aliphatic rings. The SMILES string of the molecule is OCCCSCc1cc(Cl)c2c(c1)OCO2. The maximum absolute atomic E-state index is 8.66. The Morgan fingerprint density at radius 1 is 1.38 bits per heavy atom. The highest BCUT2D eigenvalue weighted by Crippen LogP contribution is 2.40. The molecule has 88 valence electrons. The highest BCUT2D eigenvalue weighted by atomic mass is 35.5. The largest absolute Gasteiger partial charge is 0.454 e. The molecular formula is C11H13ClO3S. The van der Waals surface area contributed by atoms with Crippen molar-refractivity contribution >= 4 is 23.4 Å². The molecule has 1 aromatic carbocycles. The molecule has 1 aromatic rings. The lowest BCUT2D eigenvalue weighted by Gasteiger charge is -2.04. The molecule has 0 amide bonds. The summed E-state index contributed by atoms with van der Waals surface area (Å²) in [5, 5.41) is 9.27. The molecule has 0 aliphatic carbocycles. The van der Waals surface area contributed by atoms with Crippen LogP contribution in [0.2, 0.25) is 5.02 Å². The Balaban J connectivity index is 1.97. The van der Waals surface area contributed by atoms with Crippen molar-refractivity contribution in [3.63, 3.8) is 0 Å². The van der Waals surface area contributed by atoms with E-state index in [0.717, 1.165) is 29.2 Å². The first-order chi connectivity index (χ1) is 7.81. The van der Waals surface area contributed by atoms with Crippen molar-refractivity contribution < 1.29 is 14.6 Å². The first kappa shape index (κ1) is 11.9. The average Bonchev–Trinajstić information content (AvgIpc) is 2.73. The van der Waals surface area contributed by atoms with Gasteiger partial charge in [-0.3, -0.25) is 0 Å². The molecule has 5 heteroatoms. The van der Waals surface area contributed by atoms with Crippen molar-refractivity contribution in [3.05, 3.63) is 22.7 Å². The topological polar surface area (TPSA) is 38.7 Å². The summed E-state index contributed by atoms with van der Waals surface area (Å²) in [5.74, 6) is 3.19. The van der Waals surface area contributed by atoms with Crippen LogP contribution in [0.25, 0.3) is 0 Å². The number of ether oxygens (including phenoxy) is 2. The van der Waals surface area contributed by atoms with Gasteiger partial charge in [-0.15, -0.1) is 0 Å². The van der Waals surface area contributed by atoms with Crippen molar-refractivity contribution in [1.82, 2.24) is 0 Å². The summed E-state index contributed by atoms with van der Waals surface area (Å²) in [6, 6.07) is 3.86. The number of rotatable bonds is 5. The standard InChI is InChI=1S/C11H13ClO3S/c12-9-4-8(6-16-3-1-2-13)5-10-11(9)15-7-14-10/h4-5,13H,1-3,6-7H2. The zero-order valence-electron chi connectivity index (χ0n) is 8.74. The minimum atomic E-state index is 0.245. The molecule has 1 aliphatic heterocycles. The lowest BCUT2D eigenvalue weighted by Crippen LogP contribution is -1.93. The van der Waals surface area contributed by atoms with Gasteiger partial charge in [-0.2, -0.15) is 11.8 Å². The number of fused-ring (bicyclic) bond motifs is 1. The van der Waals surface area contributed by atoms with Gasteiger partial charge in [0.05, 0.1) is 5.02 Å². The minimum absolute atomic E-state index is 0.245. The van der Waals surface area contributed by atoms with E-state index >= 15 is 0 Å². The molecular weight excluding hydrogens is 248 g/mol. The van der Waals surface area contributed by atoms with Gasteiger partial charge in [0.1, 0.15) is 0 Å². The van der Waals surface area contributed by atoms with Gasteiger partial charge in [0.25, 0.3) is 0 Å². The van der Waals surface area contributed by atoms with Gasteiger partial charge in [-0.1, -0.05) is 11.6 Å². The number of aliphatic hydroxyl groups is 1. The van der Waals surface area contributed by atoms with Crippen LogP contribution in [0, 0.1) is 0 Å². The van der Waals surface area contributed by atoms with Crippen LogP contribution in [-0.4, -0.2) is 24.3 Å². The average molecular weight is 261 g/mol. The Morgan fingerprint density at radius 3 is 3.06 bits per heavy atom. The Hall–Kier alpha value is -0.580. The smallest absolute Gasteiger partial charge is 0.231 e. The molecule has 0 radical (unpaired) electrons. The number of benzene rings is 1. The van der Waals surface area contributed by atoms with Crippen molar-refractivity contribution in [2.24, 2.45) is 0 Å². The van der Waals surface area contributed by atoms with E-state index in [9.17, 15) is 0 Å². The molecule has 0 spiro atoms. The second-order valence-corrected chi connectivity index (χ2v) is 4.95. The van der Waals surface area contributed by atoms with Crippen LogP contribution in [0.5, 0.6) is 11.5 Å². The van der Waals surface area contributed by atoms with Crippen molar-refractivity contribution in [1.29, 1.82) is 0 Å². The molecule has 1 N–H and O–H groups in total. The van der Waals surface area contributed by atoms with E-state index < -0.39 is 0 Å². The third kappa shape index (κ3) is 2.75. The fraction of sp³-hybridized carbons (Fsp3) is 0.455. The summed E-state index contributed by atoms with van der Waals surface area (Å²) in [7, 11) is 0. The summed E-state index contributed by atoms with van der Waals surface area (Å²) in [4.78, 5) is 0. The van der Waals surface area contributed by atoms with E-state index in [1.807, 2.05) is 12.1 Å². The summed E-state index contributed by atoms with van der Waals surface area (Å²) in [6.45, 7) is 0.491. The molecule has 0 saturated heterocycles. The summed E-state index contributed by atoms with van der Waals surface area (Å²) in [6.07, 6.45) is 0.822. The van der Waals surface area contributed by atoms with Gasteiger partial charge < -0.3 is 14.6 Å². The number of hydrogen-bond donors (Lipinski definition) is 1. The van der Waals surface area contributed by atoms with Gasteiger partial charge in [0.2, 0.25) is 6.79 Å². The van der Waals surface area contributed by atoms with Crippen LogP contribution >= 0.6 is 23.4 Å². The maximum Gasteiger partial charge on any atom is 0.231 e. The normalized spacial score (nSPS) is 13.1. The molecule has 2 rings (SSSR count). The van der Waals surface area contributed by atoms with Crippen molar-refractivity contribution in [2.45, 2.75) is 12.2 Å². The van der Waals surface area contributed by atoms with Crippen molar-refractivity contribution in [2.75, 3.05) is 19.2 Å². The third-order valence-electron chi connectivity index (χ3n) is 2.20. The number of thioether (sulfide) groups is 1. The molecule has 0 bridgehead atoms. The molecule has 0 atom stereocenters. The molecule has 16 heavy (non-hydrogen) atoms. The van der Waals surface area contributed by atoms with Gasteiger partial charge in [-0.25, -0.2) is 0 Å². The molecule has 1 heterocycles. The highest BCUT2D eigenvalue weighted by Gasteiger charge is 2.17. The lowest BCUT2D eigenvalue weighted by molar-refractivity contribution is 0.174. The van der Waals surface area contributed by atoms with Crippen LogP contribution in [0.15, 0.2) is 12.1 Å². The fourth-order valence-corrected chi connectivity index (χ4v) is 2.63. The van der Waals surface area contributed by atoms with Crippen molar-refractivity contribution in [3.8, 4) is 11.5 Å². The van der Waals surface area contributed by atoms with Gasteiger partial charge in [0, 0.05) is 12.4 Å². The molecule has 0 fully saturated rings. The van der Waals surface area contributed by atoms with Gasteiger partial charge in [0.15, 0.2) is 11.5 Å². The zero-order valence-corrected chi connectivity index (χ0v) is 10.3. The first-order valence-corrected chi connectivity index (χ1v) is 6.61. The van der Waals surface area contributed by atoms with Crippen LogP contribution in [0.3, 0.4) is 0 Å². The second-order valence-electron chi connectivity index (χ2n) is 3.44. The Kier molecular flexibility index (Phi) is 4.21. The number of aliphatic hydroxyl groups excluding tert-OH is 1. The monoisotopic (exact) mass is 260 g/mol. The van der Waals surface area contributed by atoms with E-state index in [1.165, 1.54) is 0 Å². The molecule has 0 unspecified atom stereocenters. The van der Waals surface area contributed by atoms with Gasteiger partial charge >= 0.3 is 0 Å². The Bertz CT molecular complexity index is 370. The summed E-state index contributed by atoms with van der Waals surface area (Å²) in [5.41, 5.74) is 1.12. The Morgan fingerprint density at radius 2 is 2.25 bits per heavy atom. The number of halogens is 1. The summed E-state index contributed by atoms with van der Waals surface area (Å²) >= 11 is 7.83. The predicted octanol–water partition coefficient (Wildman–Crippen LogP) is 2.68. The van der Waals surface area contributed by atoms with Crippen LogP contribution in [-0.2, 0) is 5.75 Å². The van der Waals surface area contributed by atoms with Gasteiger partial charge in [-0.05, 0) is 29.9 Å².